The molecule has 38 heavy (non-hydrogen) atoms. The minimum atomic E-state index is -0.649. The molecule has 1 amide bonds. The Morgan fingerprint density at radius 1 is 1.00 bits per heavy atom. The highest BCUT2D eigenvalue weighted by Gasteiger charge is 2.52. The van der Waals surface area contributed by atoms with Crippen LogP contribution in [0.1, 0.15) is 50.3 Å². The maximum Gasteiger partial charge on any atom is 0.492 e. The number of amides is 1. The van der Waals surface area contributed by atoms with Gasteiger partial charge in [-0.1, -0.05) is 82.1 Å². The molecule has 0 bridgehead atoms. The summed E-state index contributed by atoms with van der Waals surface area (Å²) in [5.41, 5.74) is 5.19. The molecule has 0 unspecified atom stereocenters. The van der Waals surface area contributed by atoms with Gasteiger partial charge < -0.3 is 19.4 Å². The number of rotatable bonds is 6. The van der Waals surface area contributed by atoms with Crippen LogP contribution in [0.15, 0.2) is 76.7 Å². The molecule has 0 radical (unpaired) electrons. The van der Waals surface area contributed by atoms with Gasteiger partial charge in [0.1, 0.15) is 6.61 Å². The Balaban J connectivity index is 1.31. The molecule has 1 aliphatic heterocycles. The third-order valence-electron chi connectivity index (χ3n) is 7.64. The second-order valence-electron chi connectivity index (χ2n) is 10.7. The number of halogens is 2. The Labute approximate surface area is 237 Å². The topological polar surface area (TPSA) is 56.8 Å². The van der Waals surface area contributed by atoms with Gasteiger partial charge in [0.15, 0.2) is 0 Å². The van der Waals surface area contributed by atoms with E-state index >= 15 is 0 Å². The molecule has 1 N–H and O–H groups in total. The van der Waals surface area contributed by atoms with Crippen molar-refractivity contribution in [3.63, 3.8) is 0 Å². The van der Waals surface area contributed by atoms with E-state index in [2.05, 4.69) is 45.5 Å². The number of benzene rings is 3. The molecule has 0 aromatic heterocycles. The van der Waals surface area contributed by atoms with Crippen LogP contribution < -0.4 is 5.32 Å². The van der Waals surface area contributed by atoms with Crippen molar-refractivity contribution in [3.8, 4) is 11.1 Å². The van der Waals surface area contributed by atoms with Crippen LogP contribution >= 0.6 is 27.5 Å². The summed E-state index contributed by atoms with van der Waals surface area (Å²) in [5.74, 6) is -0.00765. The van der Waals surface area contributed by atoms with Crippen molar-refractivity contribution in [2.75, 3.05) is 13.2 Å². The van der Waals surface area contributed by atoms with E-state index in [0.717, 1.165) is 15.5 Å². The standard InChI is InChI=1S/C30H30BBrClNO4/c1-29(2)30(3,4)38-31(37-29)20(15-19-16-21(32)13-14-27(19)33)17-34-28(35)36-18-26-24-11-7-5-9-22(24)23-10-6-8-12-25(23)26/h5-16,26H,17-18H2,1-4H3,(H,34,35). The molecule has 196 valence electrons. The van der Waals surface area contributed by atoms with E-state index in [1.54, 1.807) is 0 Å². The Hall–Kier alpha value is -2.58. The van der Waals surface area contributed by atoms with Gasteiger partial charge in [0.05, 0.1) is 11.2 Å². The molecule has 2 aliphatic rings. The zero-order valence-corrected chi connectivity index (χ0v) is 24.2. The average molecular weight is 595 g/mol. The van der Waals surface area contributed by atoms with Crippen molar-refractivity contribution in [1.29, 1.82) is 0 Å². The molecular weight excluding hydrogens is 565 g/mol. The van der Waals surface area contributed by atoms with Crippen molar-refractivity contribution in [2.45, 2.75) is 44.8 Å². The van der Waals surface area contributed by atoms with E-state index in [0.29, 0.717) is 5.02 Å². The van der Waals surface area contributed by atoms with Gasteiger partial charge in [-0.15, -0.1) is 0 Å². The van der Waals surface area contributed by atoms with E-state index in [4.69, 9.17) is 25.6 Å². The number of nitrogens with one attached hydrogen (secondary N) is 1. The Morgan fingerprint density at radius 3 is 2.18 bits per heavy atom. The molecule has 5 nitrogen and oxygen atoms in total. The molecule has 1 heterocycles. The summed E-state index contributed by atoms with van der Waals surface area (Å²) in [4.78, 5) is 12.9. The average Bonchev–Trinajstić information content (AvgIpc) is 3.31. The van der Waals surface area contributed by atoms with Gasteiger partial charge in [0, 0.05) is 22.0 Å². The second kappa shape index (κ2) is 10.5. The molecule has 0 saturated carbocycles. The molecule has 1 aliphatic carbocycles. The summed E-state index contributed by atoms with van der Waals surface area (Å²) in [7, 11) is -0.649. The highest BCUT2D eigenvalue weighted by Crippen LogP contribution is 2.44. The molecule has 1 saturated heterocycles. The number of carbonyl (C=O) groups is 1. The van der Waals surface area contributed by atoms with Gasteiger partial charge in [-0.05, 0) is 79.2 Å². The van der Waals surface area contributed by atoms with Crippen LogP contribution in [0.25, 0.3) is 17.2 Å². The van der Waals surface area contributed by atoms with Gasteiger partial charge in [0.25, 0.3) is 0 Å². The van der Waals surface area contributed by atoms with Crippen LogP contribution in [-0.2, 0) is 14.0 Å². The molecule has 8 heteroatoms. The van der Waals surface area contributed by atoms with E-state index in [-0.39, 0.29) is 19.1 Å². The highest BCUT2D eigenvalue weighted by atomic mass is 79.9. The fraction of sp³-hybridized carbons (Fsp3) is 0.300. The number of hydrogen-bond donors (Lipinski definition) is 1. The monoisotopic (exact) mass is 593 g/mol. The summed E-state index contributed by atoms with van der Waals surface area (Å²) in [6.07, 6.45) is 1.40. The largest absolute Gasteiger partial charge is 0.492 e. The lowest BCUT2D eigenvalue weighted by molar-refractivity contribution is 0.00578. The van der Waals surface area contributed by atoms with Gasteiger partial charge in [-0.3, -0.25) is 0 Å². The van der Waals surface area contributed by atoms with Gasteiger partial charge in [-0.25, -0.2) is 4.79 Å². The zero-order valence-electron chi connectivity index (χ0n) is 21.9. The lowest BCUT2D eigenvalue weighted by Gasteiger charge is -2.32. The Morgan fingerprint density at radius 2 is 1.58 bits per heavy atom. The van der Waals surface area contributed by atoms with Crippen molar-refractivity contribution in [2.24, 2.45) is 0 Å². The highest BCUT2D eigenvalue weighted by molar-refractivity contribution is 9.10. The second-order valence-corrected chi connectivity index (χ2v) is 12.0. The maximum absolute atomic E-state index is 12.9. The molecule has 0 spiro atoms. The normalized spacial score (nSPS) is 17.7. The van der Waals surface area contributed by atoms with E-state index in [1.807, 2.05) is 76.2 Å². The van der Waals surface area contributed by atoms with Crippen LogP contribution in [0, 0.1) is 0 Å². The summed E-state index contributed by atoms with van der Waals surface area (Å²) in [5, 5.41) is 3.48. The number of alkyl carbamates (subject to hydrolysis) is 1. The Bertz CT molecular complexity index is 1350. The molecule has 1 fully saturated rings. The van der Waals surface area contributed by atoms with Crippen LogP contribution in [0.2, 0.25) is 5.02 Å². The summed E-state index contributed by atoms with van der Waals surface area (Å²) < 4.78 is 19.2. The first-order chi connectivity index (χ1) is 18.1. The van der Waals surface area contributed by atoms with E-state index in [1.165, 1.54) is 22.3 Å². The predicted molar refractivity (Wildman–Crippen MR) is 156 cm³/mol. The van der Waals surface area contributed by atoms with Crippen molar-refractivity contribution < 1.29 is 18.8 Å². The van der Waals surface area contributed by atoms with Crippen LogP contribution in [0.5, 0.6) is 0 Å². The third-order valence-corrected chi connectivity index (χ3v) is 8.47. The smallest absolute Gasteiger partial charge is 0.449 e. The van der Waals surface area contributed by atoms with Crippen LogP contribution in [0.4, 0.5) is 4.79 Å². The summed E-state index contributed by atoms with van der Waals surface area (Å²) >= 11 is 9.97. The summed E-state index contributed by atoms with van der Waals surface area (Å²) in [6.45, 7) is 8.40. The summed E-state index contributed by atoms with van der Waals surface area (Å²) in [6, 6.07) is 22.1. The third kappa shape index (κ3) is 5.30. The molecule has 0 atom stereocenters. The van der Waals surface area contributed by atoms with Crippen molar-refractivity contribution in [1.82, 2.24) is 5.32 Å². The van der Waals surface area contributed by atoms with Crippen LogP contribution in [-0.4, -0.2) is 37.6 Å². The van der Waals surface area contributed by atoms with E-state index < -0.39 is 24.4 Å². The number of fused-ring (bicyclic) bond motifs is 3. The van der Waals surface area contributed by atoms with Gasteiger partial charge >= 0.3 is 13.2 Å². The van der Waals surface area contributed by atoms with Crippen LogP contribution in [0.3, 0.4) is 0 Å². The van der Waals surface area contributed by atoms with Gasteiger partial charge in [-0.2, -0.15) is 0 Å². The van der Waals surface area contributed by atoms with Gasteiger partial charge in [0.2, 0.25) is 0 Å². The fourth-order valence-corrected chi connectivity index (χ4v) is 5.40. The first-order valence-electron chi connectivity index (χ1n) is 12.7. The molecular formula is C30H30BBrClNO4. The predicted octanol–water partition coefficient (Wildman–Crippen LogP) is 7.66. The lowest BCUT2D eigenvalue weighted by Crippen LogP contribution is -2.41. The Kier molecular flexibility index (Phi) is 7.49. The minimum Gasteiger partial charge on any atom is -0.449 e. The molecule has 5 rings (SSSR count). The quantitative estimate of drug-likeness (QED) is 0.298. The number of ether oxygens (including phenoxy) is 1. The van der Waals surface area contributed by atoms with Crippen molar-refractivity contribution in [3.05, 3.63) is 98.4 Å². The maximum atomic E-state index is 12.9. The number of hydrogen-bond acceptors (Lipinski definition) is 4. The fourth-order valence-electron chi connectivity index (χ4n) is 4.85. The minimum absolute atomic E-state index is 0.00765. The SMILES string of the molecule is CC1(C)OB(C(=Cc2cc(Br)ccc2Cl)CNC(=O)OCC2c3ccccc3-c3ccccc32)OC1(C)C. The van der Waals surface area contributed by atoms with E-state index in [9.17, 15) is 4.79 Å². The van der Waals surface area contributed by atoms with Crippen molar-refractivity contribution >= 4 is 46.8 Å². The number of carbonyl (C=O) groups excluding carboxylic acids is 1. The first-order valence-corrected chi connectivity index (χ1v) is 13.8. The first kappa shape index (κ1) is 27.0. The molecule has 3 aromatic rings. The molecule has 3 aromatic carbocycles. The zero-order chi connectivity index (χ0) is 27.1. The lowest BCUT2D eigenvalue weighted by atomic mass is 9.77.